The van der Waals surface area contributed by atoms with E-state index in [9.17, 15) is 0 Å². The highest BCUT2D eigenvalue weighted by Gasteiger charge is 2.37. The molecule has 2 aliphatic heterocycles. The molecule has 2 heterocycles. The van der Waals surface area contributed by atoms with Gasteiger partial charge in [-0.2, -0.15) is 0 Å². The van der Waals surface area contributed by atoms with Crippen molar-refractivity contribution in [1.82, 2.24) is 10.2 Å². The third-order valence-corrected chi connectivity index (χ3v) is 4.08. The van der Waals surface area contributed by atoms with Gasteiger partial charge in [0.25, 0.3) is 0 Å². The van der Waals surface area contributed by atoms with Crippen LogP contribution in [0.5, 0.6) is 0 Å². The summed E-state index contributed by atoms with van der Waals surface area (Å²) in [5.74, 6) is 1.81. The first-order chi connectivity index (χ1) is 7.43. The molecule has 3 aliphatic rings. The maximum Gasteiger partial charge on any atom is 0.0507 e. The van der Waals surface area contributed by atoms with Gasteiger partial charge in [-0.1, -0.05) is 0 Å². The molecule has 3 nitrogen and oxygen atoms in total. The quantitative estimate of drug-likeness (QED) is 0.742. The Hall–Kier alpha value is -0.120. The van der Waals surface area contributed by atoms with Crippen LogP contribution in [0.4, 0.5) is 0 Å². The molecule has 1 aliphatic carbocycles. The van der Waals surface area contributed by atoms with E-state index in [2.05, 4.69) is 10.2 Å². The Morgan fingerprint density at radius 3 is 2.93 bits per heavy atom. The Labute approximate surface area is 92.2 Å². The summed E-state index contributed by atoms with van der Waals surface area (Å²) in [6, 6.07) is 0.833. The third kappa shape index (κ3) is 2.35. The fourth-order valence-electron chi connectivity index (χ4n) is 3.00. The fraction of sp³-hybridized carbons (Fsp3) is 1.00. The number of hydrogen-bond acceptors (Lipinski definition) is 3. The smallest absolute Gasteiger partial charge is 0.0507 e. The molecule has 15 heavy (non-hydrogen) atoms. The van der Waals surface area contributed by atoms with Crippen molar-refractivity contribution in [2.45, 2.75) is 25.3 Å². The van der Waals surface area contributed by atoms with Crippen LogP contribution in [0.1, 0.15) is 19.3 Å². The van der Waals surface area contributed by atoms with Crippen LogP contribution in [0.25, 0.3) is 0 Å². The van der Waals surface area contributed by atoms with Crippen LogP contribution in [0.3, 0.4) is 0 Å². The van der Waals surface area contributed by atoms with Crippen LogP contribution in [-0.2, 0) is 4.74 Å². The predicted molar refractivity (Wildman–Crippen MR) is 59.9 cm³/mol. The van der Waals surface area contributed by atoms with E-state index < -0.39 is 0 Å². The largest absolute Gasteiger partial charge is 0.381 e. The zero-order valence-electron chi connectivity index (χ0n) is 9.45. The van der Waals surface area contributed by atoms with Crippen molar-refractivity contribution in [1.29, 1.82) is 0 Å². The molecular weight excluding hydrogens is 188 g/mol. The molecule has 0 aromatic rings. The molecule has 3 fully saturated rings. The second kappa shape index (κ2) is 4.40. The van der Waals surface area contributed by atoms with E-state index in [1.807, 2.05) is 0 Å². The van der Waals surface area contributed by atoms with Crippen molar-refractivity contribution in [3.05, 3.63) is 0 Å². The molecule has 86 valence electrons. The summed E-state index contributed by atoms with van der Waals surface area (Å²) < 4.78 is 5.47. The van der Waals surface area contributed by atoms with Gasteiger partial charge in [-0.15, -0.1) is 0 Å². The Balaban J connectivity index is 1.56. The number of nitrogens with one attached hydrogen (secondary N) is 1. The Kier molecular flexibility index (Phi) is 2.95. The van der Waals surface area contributed by atoms with Crippen LogP contribution in [0.2, 0.25) is 0 Å². The lowest BCUT2D eigenvalue weighted by molar-refractivity contribution is 0.111. The van der Waals surface area contributed by atoms with Gasteiger partial charge in [-0.05, 0) is 31.1 Å². The molecule has 0 aromatic carbocycles. The van der Waals surface area contributed by atoms with Crippen molar-refractivity contribution in [2.24, 2.45) is 11.8 Å². The number of ether oxygens (including phenoxy) is 1. The van der Waals surface area contributed by atoms with Crippen molar-refractivity contribution in [3.8, 4) is 0 Å². The normalized spacial score (nSPS) is 38.4. The molecular formula is C12H22N2O. The lowest BCUT2D eigenvalue weighted by atomic mass is 10.0. The maximum absolute atomic E-state index is 5.47. The minimum atomic E-state index is 0.810. The van der Waals surface area contributed by atoms with Crippen molar-refractivity contribution in [3.63, 3.8) is 0 Å². The first-order valence-electron chi connectivity index (χ1n) is 6.46. The van der Waals surface area contributed by atoms with E-state index in [0.717, 1.165) is 31.1 Å². The zero-order chi connectivity index (χ0) is 10.1. The average Bonchev–Trinajstić information content (AvgIpc) is 2.99. The van der Waals surface area contributed by atoms with E-state index >= 15 is 0 Å². The SMILES string of the molecule is C1CN(CC2CCOC2)C(C2CC2)CN1. The van der Waals surface area contributed by atoms with Gasteiger partial charge in [-0.25, -0.2) is 0 Å². The van der Waals surface area contributed by atoms with E-state index in [1.165, 1.54) is 45.4 Å². The van der Waals surface area contributed by atoms with E-state index in [1.54, 1.807) is 0 Å². The van der Waals surface area contributed by atoms with Crippen molar-refractivity contribution in [2.75, 3.05) is 39.4 Å². The molecule has 1 N–H and O–H groups in total. The van der Waals surface area contributed by atoms with E-state index in [0.29, 0.717) is 0 Å². The molecule has 2 saturated heterocycles. The summed E-state index contributed by atoms with van der Waals surface area (Å²) >= 11 is 0. The van der Waals surface area contributed by atoms with Gasteiger partial charge in [0, 0.05) is 38.8 Å². The minimum absolute atomic E-state index is 0.810. The molecule has 1 saturated carbocycles. The standard InChI is InChI=1S/C12H22N2O/c1-2-11(1)12-7-13-4-5-14(12)8-10-3-6-15-9-10/h10-13H,1-9H2. The number of piperazine rings is 1. The van der Waals surface area contributed by atoms with Gasteiger partial charge in [0.2, 0.25) is 0 Å². The summed E-state index contributed by atoms with van der Waals surface area (Å²) in [4.78, 5) is 2.73. The Morgan fingerprint density at radius 2 is 2.20 bits per heavy atom. The van der Waals surface area contributed by atoms with Gasteiger partial charge in [-0.3, -0.25) is 4.90 Å². The zero-order valence-corrected chi connectivity index (χ0v) is 9.45. The van der Waals surface area contributed by atoms with Gasteiger partial charge >= 0.3 is 0 Å². The highest BCUT2D eigenvalue weighted by molar-refractivity contribution is 4.93. The summed E-state index contributed by atoms with van der Waals surface area (Å²) in [6.45, 7) is 6.92. The molecule has 0 aromatic heterocycles. The van der Waals surface area contributed by atoms with Crippen LogP contribution in [0.15, 0.2) is 0 Å². The van der Waals surface area contributed by atoms with Gasteiger partial charge in [0.1, 0.15) is 0 Å². The second-order valence-electron chi connectivity index (χ2n) is 5.33. The molecule has 0 amide bonds. The Bertz CT molecular complexity index is 212. The molecule has 0 spiro atoms. The van der Waals surface area contributed by atoms with Crippen molar-refractivity contribution < 1.29 is 4.74 Å². The Morgan fingerprint density at radius 1 is 1.27 bits per heavy atom. The van der Waals surface area contributed by atoms with Gasteiger partial charge in [0.15, 0.2) is 0 Å². The van der Waals surface area contributed by atoms with Crippen LogP contribution >= 0.6 is 0 Å². The highest BCUT2D eigenvalue weighted by atomic mass is 16.5. The first kappa shape index (κ1) is 10.1. The van der Waals surface area contributed by atoms with Crippen molar-refractivity contribution >= 4 is 0 Å². The lowest BCUT2D eigenvalue weighted by Gasteiger charge is -2.37. The van der Waals surface area contributed by atoms with Gasteiger partial charge in [0.05, 0.1) is 6.61 Å². The number of hydrogen-bond donors (Lipinski definition) is 1. The predicted octanol–water partition coefficient (Wildman–Crippen LogP) is 0.707. The van der Waals surface area contributed by atoms with E-state index in [-0.39, 0.29) is 0 Å². The number of rotatable bonds is 3. The number of nitrogens with zero attached hydrogens (tertiary/aromatic N) is 1. The van der Waals surface area contributed by atoms with Crippen LogP contribution in [-0.4, -0.2) is 50.3 Å². The summed E-state index contributed by atoms with van der Waals surface area (Å²) in [5.41, 5.74) is 0. The fourth-order valence-corrected chi connectivity index (χ4v) is 3.00. The maximum atomic E-state index is 5.47. The average molecular weight is 210 g/mol. The molecule has 3 heteroatoms. The van der Waals surface area contributed by atoms with Crippen LogP contribution in [0, 0.1) is 11.8 Å². The molecule has 2 atom stereocenters. The lowest BCUT2D eigenvalue weighted by Crippen LogP contribution is -2.53. The molecule has 2 unspecified atom stereocenters. The summed E-state index contributed by atoms with van der Waals surface area (Å²) in [5, 5.41) is 3.54. The van der Waals surface area contributed by atoms with E-state index in [4.69, 9.17) is 4.74 Å². The summed E-state index contributed by atoms with van der Waals surface area (Å²) in [7, 11) is 0. The highest BCUT2D eigenvalue weighted by Crippen LogP contribution is 2.36. The topological polar surface area (TPSA) is 24.5 Å². The summed E-state index contributed by atoms with van der Waals surface area (Å²) in [6.07, 6.45) is 4.20. The molecule has 0 bridgehead atoms. The molecule has 3 rings (SSSR count). The second-order valence-corrected chi connectivity index (χ2v) is 5.33. The minimum Gasteiger partial charge on any atom is -0.381 e. The molecule has 0 radical (unpaired) electrons. The van der Waals surface area contributed by atoms with Gasteiger partial charge < -0.3 is 10.1 Å². The third-order valence-electron chi connectivity index (χ3n) is 4.08. The monoisotopic (exact) mass is 210 g/mol. The van der Waals surface area contributed by atoms with Crippen LogP contribution < -0.4 is 5.32 Å². The first-order valence-corrected chi connectivity index (χ1v) is 6.46.